The van der Waals surface area contributed by atoms with Crippen molar-refractivity contribution in [2.45, 2.75) is 25.7 Å². The van der Waals surface area contributed by atoms with Gasteiger partial charge in [-0.3, -0.25) is 9.59 Å². The van der Waals surface area contributed by atoms with Gasteiger partial charge in [0.15, 0.2) is 0 Å². The van der Waals surface area contributed by atoms with Crippen molar-refractivity contribution in [1.82, 2.24) is 4.90 Å². The summed E-state index contributed by atoms with van der Waals surface area (Å²) < 4.78 is 0. The van der Waals surface area contributed by atoms with E-state index in [2.05, 4.69) is 0 Å². The SMILES string of the molecule is CN(CCC(=O)CCN)CCC(=O)CCN. The molecule has 16 heavy (non-hydrogen) atoms. The third-order valence-corrected chi connectivity index (χ3v) is 2.39. The van der Waals surface area contributed by atoms with Gasteiger partial charge in [-0.1, -0.05) is 0 Å². The second-order valence-electron chi connectivity index (χ2n) is 3.96. The maximum atomic E-state index is 11.2. The van der Waals surface area contributed by atoms with Gasteiger partial charge in [-0.2, -0.15) is 0 Å². The monoisotopic (exact) mass is 229 g/mol. The van der Waals surface area contributed by atoms with Crippen LogP contribution in [0.2, 0.25) is 0 Å². The normalized spacial score (nSPS) is 10.8. The number of ketones is 2. The third-order valence-electron chi connectivity index (χ3n) is 2.39. The van der Waals surface area contributed by atoms with Gasteiger partial charge in [-0.25, -0.2) is 0 Å². The number of Topliss-reactive ketones (excluding diaryl/α,β-unsaturated/α-hetero) is 2. The maximum Gasteiger partial charge on any atom is 0.135 e. The first kappa shape index (κ1) is 15.2. The van der Waals surface area contributed by atoms with Crippen molar-refractivity contribution in [3.05, 3.63) is 0 Å². The van der Waals surface area contributed by atoms with Crippen LogP contribution in [0.15, 0.2) is 0 Å². The molecule has 0 saturated carbocycles. The van der Waals surface area contributed by atoms with Crippen LogP contribution in [0.3, 0.4) is 0 Å². The first-order valence-electron chi connectivity index (χ1n) is 5.72. The lowest BCUT2D eigenvalue weighted by molar-refractivity contribution is -0.119. The maximum absolute atomic E-state index is 11.2. The zero-order valence-corrected chi connectivity index (χ0v) is 10.1. The molecule has 0 aliphatic heterocycles. The number of rotatable bonds is 10. The summed E-state index contributed by atoms with van der Waals surface area (Å²) in [7, 11) is 1.91. The van der Waals surface area contributed by atoms with Crippen molar-refractivity contribution in [1.29, 1.82) is 0 Å². The van der Waals surface area contributed by atoms with Gasteiger partial charge in [0.05, 0.1) is 0 Å². The zero-order valence-electron chi connectivity index (χ0n) is 10.1. The summed E-state index contributed by atoms with van der Waals surface area (Å²) in [5.74, 6) is 0.366. The Bertz CT molecular complexity index is 197. The fourth-order valence-corrected chi connectivity index (χ4v) is 1.31. The molecule has 0 radical (unpaired) electrons. The van der Waals surface area contributed by atoms with Gasteiger partial charge in [0.25, 0.3) is 0 Å². The number of nitrogens with zero attached hydrogens (tertiary/aromatic N) is 1. The minimum Gasteiger partial charge on any atom is -0.330 e. The van der Waals surface area contributed by atoms with Crippen molar-refractivity contribution in [2.75, 3.05) is 33.2 Å². The van der Waals surface area contributed by atoms with Crippen molar-refractivity contribution < 1.29 is 9.59 Å². The fraction of sp³-hybridized carbons (Fsp3) is 0.818. The highest BCUT2D eigenvalue weighted by Gasteiger charge is 2.06. The Morgan fingerprint density at radius 2 is 1.25 bits per heavy atom. The van der Waals surface area contributed by atoms with E-state index in [1.165, 1.54) is 0 Å². The molecule has 0 rings (SSSR count). The predicted molar refractivity (Wildman–Crippen MR) is 64.1 cm³/mol. The van der Waals surface area contributed by atoms with Crippen LogP contribution in [0, 0.1) is 0 Å². The molecule has 0 saturated heterocycles. The number of hydrogen-bond donors (Lipinski definition) is 2. The minimum atomic E-state index is 0.183. The van der Waals surface area contributed by atoms with E-state index in [1.807, 2.05) is 11.9 Å². The Labute approximate surface area is 97.2 Å². The van der Waals surface area contributed by atoms with Crippen molar-refractivity contribution >= 4 is 11.6 Å². The molecular formula is C11H23N3O2. The molecule has 0 spiro atoms. The van der Waals surface area contributed by atoms with E-state index in [9.17, 15) is 9.59 Å². The van der Waals surface area contributed by atoms with Crippen LogP contribution in [0.1, 0.15) is 25.7 Å². The summed E-state index contributed by atoms with van der Waals surface area (Å²) in [6, 6.07) is 0. The highest BCUT2D eigenvalue weighted by molar-refractivity contribution is 5.79. The minimum absolute atomic E-state index is 0.183. The van der Waals surface area contributed by atoms with E-state index >= 15 is 0 Å². The van der Waals surface area contributed by atoms with Crippen LogP contribution in [0.5, 0.6) is 0 Å². The number of nitrogens with two attached hydrogens (primary N) is 2. The molecule has 0 atom stereocenters. The molecule has 0 bridgehead atoms. The van der Waals surface area contributed by atoms with E-state index < -0.39 is 0 Å². The molecule has 0 aliphatic carbocycles. The first-order chi connectivity index (χ1) is 7.60. The van der Waals surface area contributed by atoms with Gasteiger partial charge in [0, 0.05) is 38.8 Å². The first-order valence-corrected chi connectivity index (χ1v) is 5.72. The smallest absolute Gasteiger partial charge is 0.135 e. The Kier molecular flexibility index (Phi) is 8.99. The van der Waals surface area contributed by atoms with Crippen LogP contribution in [0.25, 0.3) is 0 Å². The molecule has 0 fully saturated rings. The highest BCUT2D eigenvalue weighted by Crippen LogP contribution is 1.96. The average molecular weight is 229 g/mol. The number of hydrogen-bond acceptors (Lipinski definition) is 5. The molecule has 0 aromatic rings. The Morgan fingerprint density at radius 3 is 1.56 bits per heavy atom. The van der Waals surface area contributed by atoms with E-state index in [0.29, 0.717) is 51.9 Å². The molecule has 0 amide bonds. The van der Waals surface area contributed by atoms with Gasteiger partial charge < -0.3 is 16.4 Å². The van der Waals surface area contributed by atoms with Crippen LogP contribution in [0.4, 0.5) is 0 Å². The molecule has 0 aromatic carbocycles. The van der Waals surface area contributed by atoms with Gasteiger partial charge in [-0.15, -0.1) is 0 Å². The van der Waals surface area contributed by atoms with Crippen LogP contribution >= 0.6 is 0 Å². The Hall–Kier alpha value is -0.780. The zero-order chi connectivity index (χ0) is 12.4. The lowest BCUT2D eigenvalue weighted by Crippen LogP contribution is -2.25. The molecule has 0 unspecified atom stereocenters. The van der Waals surface area contributed by atoms with E-state index in [1.54, 1.807) is 0 Å². The van der Waals surface area contributed by atoms with E-state index in [0.717, 1.165) is 0 Å². The fourth-order valence-electron chi connectivity index (χ4n) is 1.31. The van der Waals surface area contributed by atoms with E-state index in [-0.39, 0.29) is 11.6 Å². The van der Waals surface area contributed by atoms with Crippen molar-refractivity contribution in [2.24, 2.45) is 11.5 Å². The third kappa shape index (κ3) is 8.52. The van der Waals surface area contributed by atoms with Gasteiger partial charge in [-0.05, 0) is 20.1 Å². The quantitative estimate of drug-likeness (QED) is 0.529. The molecule has 0 heterocycles. The predicted octanol–water partition coefficient (Wildman–Crippen LogP) is -0.466. The van der Waals surface area contributed by atoms with Gasteiger partial charge in [0.2, 0.25) is 0 Å². The molecule has 0 aromatic heterocycles. The number of carbonyl (C=O) groups is 2. The molecular weight excluding hydrogens is 206 g/mol. The van der Waals surface area contributed by atoms with Crippen LogP contribution in [-0.2, 0) is 9.59 Å². The topological polar surface area (TPSA) is 89.4 Å². The standard InChI is InChI=1S/C11H23N3O2/c1-14(8-4-10(15)2-6-12)9-5-11(16)3-7-13/h2-9,12-13H2,1H3. The summed E-state index contributed by atoms with van der Waals surface area (Å²) in [5.41, 5.74) is 10.6. The van der Waals surface area contributed by atoms with Crippen LogP contribution < -0.4 is 11.5 Å². The molecule has 5 heteroatoms. The summed E-state index contributed by atoms with van der Waals surface area (Å²) in [6.07, 6.45) is 1.91. The lowest BCUT2D eigenvalue weighted by atomic mass is 10.2. The number of carbonyl (C=O) groups excluding carboxylic acids is 2. The Balaban J connectivity index is 3.54. The summed E-state index contributed by atoms with van der Waals surface area (Å²) >= 11 is 0. The molecule has 4 N–H and O–H groups in total. The molecule has 94 valence electrons. The largest absolute Gasteiger partial charge is 0.330 e. The second kappa shape index (κ2) is 9.45. The van der Waals surface area contributed by atoms with Crippen molar-refractivity contribution in [3.63, 3.8) is 0 Å². The molecule has 0 aliphatic rings. The van der Waals surface area contributed by atoms with Gasteiger partial charge in [0.1, 0.15) is 11.6 Å². The van der Waals surface area contributed by atoms with Crippen LogP contribution in [-0.4, -0.2) is 49.7 Å². The van der Waals surface area contributed by atoms with Gasteiger partial charge >= 0.3 is 0 Å². The lowest BCUT2D eigenvalue weighted by Gasteiger charge is -2.15. The molecule has 5 nitrogen and oxygen atoms in total. The summed E-state index contributed by atoms with van der Waals surface area (Å²) in [6.45, 7) is 2.21. The summed E-state index contributed by atoms with van der Waals surface area (Å²) in [5, 5.41) is 0. The summed E-state index contributed by atoms with van der Waals surface area (Å²) in [4.78, 5) is 24.4. The average Bonchev–Trinajstić information content (AvgIpc) is 2.24. The van der Waals surface area contributed by atoms with Crippen molar-refractivity contribution in [3.8, 4) is 0 Å². The second-order valence-corrected chi connectivity index (χ2v) is 3.96. The Morgan fingerprint density at radius 1 is 0.875 bits per heavy atom. The highest BCUT2D eigenvalue weighted by atomic mass is 16.1. The van der Waals surface area contributed by atoms with E-state index in [4.69, 9.17) is 11.5 Å².